The second-order valence-corrected chi connectivity index (χ2v) is 7.64. The molecule has 0 fully saturated rings. The van der Waals surface area contributed by atoms with Crippen LogP contribution in [0.2, 0.25) is 0 Å². The summed E-state index contributed by atoms with van der Waals surface area (Å²) in [6, 6.07) is 12.8. The largest absolute Gasteiger partial charge is 0.361 e. The molecule has 0 atom stereocenters. The van der Waals surface area contributed by atoms with Crippen LogP contribution in [-0.4, -0.2) is 19.4 Å². The van der Waals surface area contributed by atoms with Crippen molar-refractivity contribution < 1.29 is 17.7 Å². The Morgan fingerprint density at radius 2 is 1.62 bits per heavy atom. The van der Waals surface area contributed by atoms with Crippen molar-refractivity contribution in [1.29, 1.82) is 0 Å². The first-order chi connectivity index (χ1) is 12.3. The standard InChI is InChI=1S/C19H18N2O4S/c1-12-19(14(3)25-20-12)16-4-8-17(9-5-16)21-26(23,24)18-10-6-15(7-11-18)13(2)22/h4-11,21H,1-3H3. The molecule has 6 nitrogen and oxygen atoms in total. The minimum atomic E-state index is -3.73. The lowest BCUT2D eigenvalue weighted by Gasteiger charge is -2.09. The topological polar surface area (TPSA) is 89.3 Å². The van der Waals surface area contributed by atoms with Gasteiger partial charge in [-0.3, -0.25) is 9.52 Å². The van der Waals surface area contributed by atoms with Crippen LogP contribution in [0.15, 0.2) is 57.9 Å². The zero-order chi connectivity index (χ0) is 18.9. The van der Waals surface area contributed by atoms with Crippen molar-refractivity contribution in [2.75, 3.05) is 4.72 Å². The number of aryl methyl sites for hydroxylation is 2. The highest BCUT2D eigenvalue weighted by atomic mass is 32.2. The average Bonchev–Trinajstić information content (AvgIpc) is 2.94. The Hall–Kier alpha value is -2.93. The minimum Gasteiger partial charge on any atom is -0.361 e. The van der Waals surface area contributed by atoms with Crippen LogP contribution >= 0.6 is 0 Å². The molecular weight excluding hydrogens is 352 g/mol. The Morgan fingerprint density at radius 1 is 1.00 bits per heavy atom. The van der Waals surface area contributed by atoms with Crippen molar-refractivity contribution in [3.63, 3.8) is 0 Å². The normalized spacial score (nSPS) is 11.3. The quantitative estimate of drug-likeness (QED) is 0.687. The van der Waals surface area contributed by atoms with E-state index in [2.05, 4.69) is 9.88 Å². The van der Waals surface area contributed by atoms with Gasteiger partial charge in [0.15, 0.2) is 5.78 Å². The molecule has 0 saturated heterocycles. The van der Waals surface area contributed by atoms with E-state index in [4.69, 9.17) is 4.52 Å². The van der Waals surface area contributed by atoms with Crippen molar-refractivity contribution in [2.45, 2.75) is 25.7 Å². The fourth-order valence-corrected chi connectivity index (χ4v) is 3.74. The Labute approximate surface area is 151 Å². The van der Waals surface area contributed by atoms with Gasteiger partial charge in [0.25, 0.3) is 10.0 Å². The van der Waals surface area contributed by atoms with Gasteiger partial charge in [0.2, 0.25) is 0 Å². The molecule has 0 bridgehead atoms. The molecule has 134 valence electrons. The van der Waals surface area contributed by atoms with Gasteiger partial charge in [-0.15, -0.1) is 0 Å². The first-order valence-electron chi connectivity index (χ1n) is 7.95. The zero-order valence-corrected chi connectivity index (χ0v) is 15.4. The monoisotopic (exact) mass is 370 g/mol. The lowest BCUT2D eigenvalue weighted by molar-refractivity contribution is 0.101. The van der Waals surface area contributed by atoms with Gasteiger partial charge in [-0.25, -0.2) is 8.42 Å². The average molecular weight is 370 g/mol. The maximum atomic E-state index is 12.5. The van der Waals surface area contributed by atoms with E-state index in [0.717, 1.165) is 16.8 Å². The number of aromatic nitrogens is 1. The summed E-state index contributed by atoms with van der Waals surface area (Å²) in [5.74, 6) is 0.596. The summed E-state index contributed by atoms with van der Waals surface area (Å²) in [5, 5.41) is 3.92. The van der Waals surface area contributed by atoms with E-state index in [1.165, 1.54) is 31.2 Å². The van der Waals surface area contributed by atoms with Gasteiger partial charge in [0.05, 0.1) is 10.6 Å². The number of Topliss-reactive ketones (excluding diaryl/α,β-unsaturated/α-hetero) is 1. The number of nitrogens with one attached hydrogen (secondary N) is 1. The van der Waals surface area contributed by atoms with Gasteiger partial charge in [-0.1, -0.05) is 29.4 Å². The van der Waals surface area contributed by atoms with Crippen LogP contribution in [0.3, 0.4) is 0 Å². The fourth-order valence-electron chi connectivity index (χ4n) is 2.68. The molecule has 0 aliphatic carbocycles. The molecule has 0 unspecified atom stereocenters. The van der Waals surface area contributed by atoms with E-state index in [9.17, 15) is 13.2 Å². The van der Waals surface area contributed by atoms with Crippen LogP contribution in [0.25, 0.3) is 11.1 Å². The molecule has 1 heterocycles. The van der Waals surface area contributed by atoms with Crippen LogP contribution in [0, 0.1) is 13.8 Å². The third kappa shape index (κ3) is 3.52. The number of ketones is 1. The van der Waals surface area contributed by atoms with Gasteiger partial charge in [0, 0.05) is 16.8 Å². The van der Waals surface area contributed by atoms with E-state index in [1.54, 1.807) is 12.1 Å². The van der Waals surface area contributed by atoms with Gasteiger partial charge in [0.1, 0.15) is 5.76 Å². The lowest BCUT2D eigenvalue weighted by Crippen LogP contribution is -2.13. The summed E-state index contributed by atoms with van der Waals surface area (Å²) in [4.78, 5) is 11.4. The highest BCUT2D eigenvalue weighted by molar-refractivity contribution is 7.92. The molecule has 2 aromatic carbocycles. The number of carbonyl (C=O) groups is 1. The van der Waals surface area contributed by atoms with E-state index >= 15 is 0 Å². The summed E-state index contributed by atoms with van der Waals surface area (Å²) in [6.45, 7) is 5.12. The number of anilines is 1. The maximum absolute atomic E-state index is 12.5. The molecule has 1 N–H and O–H groups in total. The van der Waals surface area contributed by atoms with E-state index in [1.807, 2.05) is 26.0 Å². The van der Waals surface area contributed by atoms with Gasteiger partial charge in [-0.05, 0) is 50.6 Å². The third-order valence-corrected chi connectivity index (χ3v) is 5.43. The van der Waals surface area contributed by atoms with Crippen LogP contribution < -0.4 is 4.72 Å². The fraction of sp³-hybridized carbons (Fsp3) is 0.158. The van der Waals surface area contributed by atoms with E-state index in [-0.39, 0.29) is 10.7 Å². The summed E-state index contributed by atoms with van der Waals surface area (Å²) in [7, 11) is -3.73. The van der Waals surface area contributed by atoms with Crippen LogP contribution in [0.1, 0.15) is 28.7 Å². The van der Waals surface area contributed by atoms with Crippen molar-refractivity contribution in [2.24, 2.45) is 0 Å². The molecule has 0 amide bonds. The molecule has 0 aliphatic rings. The number of carbonyl (C=O) groups excluding carboxylic acids is 1. The smallest absolute Gasteiger partial charge is 0.261 e. The predicted molar refractivity (Wildman–Crippen MR) is 98.7 cm³/mol. The minimum absolute atomic E-state index is 0.0947. The van der Waals surface area contributed by atoms with Crippen molar-refractivity contribution in [3.8, 4) is 11.1 Å². The second-order valence-electron chi connectivity index (χ2n) is 5.96. The number of hydrogen-bond acceptors (Lipinski definition) is 5. The number of sulfonamides is 1. The Bertz CT molecular complexity index is 1030. The van der Waals surface area contributed by atoms with Crippen molar-refractivity contribution in [1.82, 2.24) is 5.16 Å². The number of rotatable bonds is 5. The molecule has 3 rings (SSSR count). The van der Waals surface area contributed by atoms with Gasteiger partial charge >= 0.3 is 0 Å². The molecule has 0 spiro atoms. The van der Waals surface area contributed by atoms with E-state index in [0.29, 0.717) is 17.0 Å². The Kier molecular flexibility index (Phi) is 4.65. The molecule has 0 aliphatic heterocycles. The molecule has 0 saturated carbocycles. The highest BCUT2D eigenvalue weighted by Crippen LogP contribution is 2.28. The van der Waals surface area contributed by atoms with Gasteiger partial charge < -0.3 is 4.52 Å². The first-order valence-corrected chi connectivity index (χ1v) is 9.43. The first kappa shape index (κ1) is 17.9. The SMILES string of the molecule is CC(=O)c1ccc(S(=O)(=O)Nc2ccc(-c3c(C)noc3C)cc2)cc1. The van der Waals surface area contributed by atoms with Crippen LogP contribution in [0.5, 0.6) is 0 Å². The van der Waals surface area contributed by atoms with Crippen molar-refractivity contribution in [3.05, 3.63) is 65.5 Å². The van der Waals surface area contributed by atoms with Crippen LogP contribution in [-0.2, 0) is 10.0 Å². The van der Waals surface area contributed by atoms with Gasteiger partial charge in [-0.2, -0.15) is 0 Å². The summed E-state index contributed by atoms with van der Waals surface area (Å²) in [6.07, 6.45) is 0. The lowest BCUT2D eigenvalue weighted by atomic mass is 10.0. The Morgan fingerprint density at radius 3 is 2.12 bits per heavy atom. The van der Waals surface area contributed by atoms with Crippen molar-refractivity contribution >= 4 is 21.5 Å². The van der Waals surface area contributed by atoms with E-state index < -0.39 is 10.0 Å². The second kappa shape index (κ2) is 6.76. The predicted octanol–water partition coefficient (Wildman–Crippen LogP) is 3.96. The molecule has 1 aromatic heterocycles. The summed E-state index contributed by atoms with van der Waals surface area (Å²) in [5.41, 5.74) is 3.49. The summed E-state index contributed by atoms with van der Waals surface area (Å²) < 4.78 is 32.7. The highest BCUT2D eigenvalue weighted by Gasteiger charge is 2.16. The molecule has 7 heteroatoms. The number of nitrogens with zero attached hydrogens (tertiary/aromatic N) is 1. The summed E-state index contributed by atoms with van der Waals surface area (Å²) >= 11 is 0. The molecular formula is C19H18N2O4S. The van der Waals surface area contributed by atoms with Crippen LogP contribution in [0.4, 0.5) is 5.69 Å². The zero-order valence-electron chi connectivity index (χ0n) is 14.6. The maximum Gasteiger partial charge on any atom is 0.261 e. The molecule has 3 aromatic rings. The number of benzene rings is 2. The number of hydrogen-bond donors (Lipinski definition) is 1. The Balaban J connectivity index is 1.83. The third-order valence-electron chi connectivity index (χ3n) is 4.03. The molecule has 26 heavy (non-hydrogen) atoms. The molecule has 0 radical (unpaired) electrons.